The van der Waals surface area contributed by atoms with Gasteiger partial charge in [0.15, 0.2) is 11.6 Å². The van der Waals surface area contributed by atoms with E-state index in [4.69, 9.17) is 0 Å². The van der Waals surface area contributed by atoms with Crippen LogP contribution in [-0.4, -0.2) is 4.98 Å². The molecule has 0 saturated carbocycles. The molecular weight excluding hydrogens is 220 g/mol. The van der Waals surface area contributed by atoms with Crippen molar-refractivity contribution in [3.8, 4) is 0 Å². The number of hydrogen-bond acceptors (Lipinski definition) is 1. The van der Waals surface area contributed by atoms with Gasteiger partial charge >= 0.3 is 0 Å². The van der Waals surface area contributed by atoms with E-state index in [1.54, 1.807) is 18.5 Å². The molecule has 0 aliphatic rings. The molecule has 0 fully saturated rings. The van der Waals surface area contributed by atoms with Crippen molar-refractivity contribution in [2.24, 2.45) is 0 Å². The molecule has 1 aromatic carbocycles. The standard InChI is InChI=1S/C14H13F2N/c1-2-12(11-4-3-7-17-9-11)10-5-6-13(15)14(16)8-10/h3-9,12H,2H2,1H3. The van der Waals surface area contributed by atoms with Gasteiger partial charge in [-0.05, 0) is 35.7 Å². The zero-order valence-electron chi connectivity index (χ0n) is 9.53. The molecule has 0 radical (unpaired) electrons. The number of nitrogens with zero attached hydrogens (tertiary/aromatic N) is 1. The Balaban J connectivity index is 2.39. The van der Waals surface area contributed by atoms with Crippen LogP contribution in [0.2, 0.25) is 0 Å². The van der Waals surface area contributed by atoms with Crippen LogP contribution in [0.1, 0.15) is 30.4 Å². The fourth-order valence-corrected chi connectivity index (χ4v) is 1.98. The van der Waals surface area contributed by atoms with Crippen LogP contribution in [-0.2, 0) is 0 Å². The Kier molecular flexibility index (Phi) is 3.47. The Bertz CT molecular complexity index is 497. The molecule has 2 rings (SSSR count). The van der Waals surface area contributed by atoms with Crippen LogP contribution in [0.5, 0.6) is 0 Å². The quantitative estimate of drug-likeness (QED) is 0.783. The second-order valence-electron chi connectivity index (χ2n) is 3.92. The van der Waals surface area contributed by atoms with Crippen LogP contribution >= 0.6 is 0 Å². The van der Waals surface area contributed by atoms with Gasteiger partial charge in [-0.3, -0.25) is 4.98 Å². The van der Waals surface area contributed by atoms with E-state index >= 15 is 0 Å². The summed E-state index contributed by atoms with van der Waals surface area (Å²) in [6.07, 6.45) is 4.27. The Morgan fingerprint density at radius 3 is 2.53 bits per heavy atom. The first kappa shape index (κ1) is 11.7. The molecule has 3 heteroatoms. The molecule has 0 spiro atoms. The third-order valence-corrected chi connectivity index (χ3v) is 2.84. The van der Waals surface area contributed by atoms with Crippen molar-refractivity contribution < 1.29 is 8.78 Å². The number of pyridine rings is 1. The van der Waals surface area contributed by atoms with E-state index in [0.29, 0.717) is 0 Å². The molecule has 17 heavy (non-hydrogen) atoms. The van der Waals surface area contributed by atoms with Crippen LogP contribution in [0, 0.1) is 11.6 Å². The van der Waals surface area contributed by atoms with Gasteiger partial charge < -0.3 is 0 Å². The van der Waals surface area contributed by atoms with Crippen LogP contribution < -0.4 is 0 Å². The second kappa shape index (κ2) is 5.04. The zero-order chi connectivity index (χ0) is 12.3. The van der Waals surface area contributed by atoms with Crippen molar-refractivity contribution in [1.29, 1.82) is 0 Å². The first-order chi connectivity index (χ1) is 8.22. The van der Waals surface area contributed by atoms with Gasteiger partial charge in [-0.15, -0.1) is 0 Å². The van der Waals surface area contributed by atoms with Gasteiger partial charge in [0.1, 0.15) is 0 Å². The molecule has 1 atom stereocenters. The molecule has 0 bridgehead atoms. The molecular formula is C14H13F2N. The Labute approximate surface area is 99.1 Å². The maximum Gasteiger partial charge on any atom is 0.159 e. The number of benzene rings is 1. The highest BCUT2D eigenvalue weighted by Gasteiger charge is 2.14. The second-order valence-corrected chi connectivity index (χ2v) is 3.92. The molecule has 1 unspecified atom stereocenters. The van der Waals surface area contributed by atoms with E-state index in [-0.39, 0.29) is 5.92 Å². The van der Waals surface area contributed by atoms with Crippen LogP contribution in [0.4, 0.5) is 8.78 Å². The molecule has 0 saturated heterocycles. The van der Waals surface area contributed by atoms with Crippen LogP contribution in [0.3, 0.4) is 0 Å². The first-order valence-corrected chi connectivity index (χ1v) is 5.57. The summed E-state index contributed by atoms with van der Waals surface area (Å²) in [5.41, 5.74) is 1.79. The summed E-state index contributed by atoms with van der Waals surface area (Å²) < 4.78 is 26.1. The fourth-order valence-electron chi connectivity index (χ4n) is 1.98. The van der Waals surface area contributed by atoms with Crippen LogP contribution in [0.15, 0.2) is 42.7 Å². The molecule has 0 aliphatic heterocycles. The Morgan fingerprint density at radius 2 is 1.94 bits per heavy atom. The van der Waals surface area contributed by atoms with Crippen molar-refractivity contribution in [2.45, 2.75) is 19.3 Å². The van der Waals surface area contributed by atoms with E-state index in [1.165, 1.54) is 12.1 Å². The Morgan fingerprint density at radius 1 is 1.12 bits per heavy atom. The molecule has 1 heterocycles. The number of hydrogen-bond donors (Lipinski definition) is 0. The van der Waals surface area contributed by atoms with Gasteiger partial charge in [0.05, 0.1) is 0 Å². The number of rotatable bonds is 3. The van der Waals surface area contributed by atoms with Crippen molar-refractivity contribution >= 4 is 0 Å². The lowest BCUT2D eigenvalue weighted by molar-refractivity contribution is 0.506. The lowest BCUT2D eigenvalue weighted by Crippen LogP contribution is -2.01. The highest BCUT2D eigenvalue weighted by Crippen LogP contribution is 2.28. The van der Waals surface area contributed by atoms with E-state index in [2.05, 4.69) is 4.98 Å². The molecule has 2 aromatic rings. The van der Waals surface area contributed by atoms with E-state index in [0.717, 1.165) is 17.5 Å². The molecule has 0 amide bonds. The summed E-state index contributed by atoms with van der Waals surface area (Å²) in [5, 5.41) is 0. The summed E-state index contributed by atoms with van der Waals surface area (Å²) in [6, 6.07) is 7.85. The van der Waals surface area contributed by atoms with Gasteiger partial charge in [-0.25, -0.2) is 8.78 Å². The molecule has 0 aliphatic carbocycles. The monoisotopic (exact) mass is 233 g/mol. The van der Waals surface area contributed by atoms with Crippen molar-refractivity contribution in [2.75, 3.05) is 0 Å². The summed E-state index contributed by atoms with van der Waals surface area (Å²) in [5.74, 6) is -1.56. The lowest BCUT2D eigenvalue weighted by Gasteiger charge is -2.15. The summed E-state index contributed by atoms with van der Waals surface area (Å²) in [6.45, 7) is 2.01. The van der Waals surface area contributed by atoms with E-state index in [1.807, 2.05) is 19.1 Å². The highest BCUT2D eigenvalue weighted by molar-refractivity contribution is 5.31. The molecule has 0 N–H and O–H groups in total. The van der Waals surface area contributed by atoms with Gasteiger partial charge in [0, 0.05) is 18.3 Å². The smallest absolute Gasteiger partial charge is 0.159 e. The van der Waals surface area contributed by atoms with Gasteiger partial charge in [0.25, 0.3) is 0 Å². The SMILES string of the molecule is CCC(c1cccnc1)c1ccc(F)c(F)c1. The fraction of sp³-hybridized carbons (Fsp3) is 0.214. The average molecular weight is 233 g/mol. The first-order valence-electron chi connectivity index (χ1n) is 5.57. The van der Waals surface area contributed by atoms with E-state index < -0.39 is 11.6 Å². The number of halogens is 2. The predicted octanol–water partition coefficient (Wildman–Crippen LogP) is 3.90. The van der Waals surface area contributed by atoms with Crippen molar-refractivity contribution in [3.63, 3.8) is 0 Å². The third kappa shape index (κ3) is 2.49. The lowest BCUT2D eigenvalue weighted by atomic mass is 9.90. The highest BCUT2D eigenvalue weighted by atomic mass is 19.2. The minimum absolute atomic E-state index is 0.0544. The number of aromatic nitrogens is 1. The van der Waals surface area contributed by atoms with Gasteiger partial charge in [-0.1, -0.05) is 19.1 Å². The largest absolute Gasteiger partial charge is 0.264 e. The van der Waals surface area contributed by atoms with Crippen molar-refractivity contribution in [1.82, 2.24) is 4.98 Å². The minimum Gasteiger partial charge on any atom is -0.264 e. The zero-order valence-corrected chi connectivity index (χ0v) is 9.53. The summed E-state index contributed by atoms with van der Waals surface area (Å²) in [4.78, 5) is 4.05. The summed E-state index contributed by atoms with van der Waals surface area (Å²) in [7, 11) is 0. The predicted molar refractivity (Wildman–Crippen MR) is 62.7 cm³/mol. The van der Waals surface area contributed by atoms with Crippen molar-refractivity contribution in [3.05, 3.63) is 65.5 Å². The summed E-state index contributed by atoms with van der Waals surface area (Å²) >= 11 is 0. The minimum atomic E-state index is -0.810. The topological polar surface area (TPSA) is 12.9 Å². The van der Waals surface area contributed by atoms with Gasteiger partial charge in [-0.2, -0.15) is 0 Å². The molecule has 1 nitrogen and oxygen atoms in total. The van der Waals surface area contributed by atoms with Crippen LogP contribution in [0.25, 0.3) is 0 Å². The van der Waals surface area contributed by atoms with Gasteiger partial charge in [0.2, 0.25) is 0 Å². The third-order valence-electron chi connectivity index (χ3n) is 2.84. The normalized spacial score (nSPS) is 12.4. The molecule has 1 aromatic heterocycles. The Hall–Kier alpha value is -1.77. The van der Waals surface area contributed by atoms with E-state index in [9.17, 15) is 8.78 Å². The average Bonchev–Trinajstić information content (AvgIpc) is 2.36. The maximum atomic E-state index is 13.2. The maximum absolute atomic E-state index is 13.2. The molecule has 88 valence electrons.